The lowest BCUT2D eigenvalue weighted by Gasteiger charge is -2.21. The normalized spacial score (nSPS) is 11.1. The Kier molecular flexibility index (Phi) is 3.75. The van der Waals surface area contributed by atoms with Crippen molar-refractivity contribution < 1.29 is 14.0 Å². The van der Waals surface area contributed by atoms with E-state index in [-0.39, 0.29) is 5.97 Å². The molecule has 0 saturated carbocycles. The van der Waals surface area contributed by atoms with Gasteiger partial charge in [-0.15, -0.1) is 0 Å². The van der Waals surface area contributed by atoms with Gasteiger partial charge in [0.15, 0.2) is 0 Å². The molecule has 0 aliphatic rings. The summed E-state index contributed by atoms with van der Waals surface area (Å²) in [4.78, 5) is 11.7. The number of esters is 1. The highest BCUT2D eigenvalue weighted by molar-refractivity contribution is 6.70. The van der Waals surface area contributed by atoms with Crippen molar-refractivity contribution in [3.05, 3.63) is 29.3 Å². The predicted molar refractivity (Wildman–Crippen MR) is 66.5 cm³/mol. The predicted octanol–water partition coefficient (Wildman–Crippen LogP) is 3.00. The lowest BCUT2D eigenvalue weighted by atomic mass is 10.1. The Morgan fingerprint density at radius 1 is 1.25 bits per heavy atom. The molecular formula is C12H18O3Si. The third kappa shape index (κ3) is 3.10. The van der Waals surface area contributed by atoms with Crippen molar-refractivity contribution in [3.63, 3.8) is 0 Å². The lowest BCUT2D eigenvalue weighted by molar-refractivity contribution is 0.0597. The quantitative estimate of drug-likeness (QED) is 0.600. The summed E-state index contributed by atoms with van der Waals surface area (Å²) in [5.74, 6) is 0.289. The SMILES string of the molecule is COC(=O)c1c(C)cccc1O[Si](C)(C)C. The molecule has 0 aliphatic heterocycles. The van der Waals surface area contributed by atoms with Crippen molar-refractivity contribution in [2.45, 2.75) is 26.6 Å². The zero-order chi connectivity index (χ0) is 12.3. The van der Waals surface area contributed by atoms with E-state index in [2.05, 4.69) is 19.6 Å². The fraction of sp³-hybridized carbons (Fsp3) is 0.417. The maximum absolute atomic E-state index is 11.7. The third-order valence-corrected chi connectivity index (χ3v) is 2.87. The molecule has 0 aromatic heterocycles. The molecule has 0 heterocycles. The van der Waals surface area contributed by atoms with E-state index in [9.17, 15) is 4.79 Å². The highest BCUT2D eigenvalue weighted by Crippen LogP contribution is 2.25. The number of carbonyl (C=O) groups is 1. The zero-order valence-electron chi connectivity index (χ0n) is 10.5. The van der Waals surface area contributed by atoms with Crippen LogP contribution in [-0.2, 0) is 4.74 Å². The van der Waals surface area contributed by atoms with Crippen LogP contribution in [-0.4, -0.2) is 21.4 Å². The summed E-state index contributed by atoms with van der Waals surface area (Å²) in [7, 11) is -0.337. The van der Waals surface area contributed by atoms with Crippen LogP contribution in [0.2, 0.25) is 19.6 Å². The standard InChI is InChI=1S/C12H18O3Si/c1-9-7-6-8-10(15-16(3,4)5)11(9)12(13)14-2/h6-8H,1-5H3. The Hall–Kier alpha value is -1.29. The van der Waals surface area contributed by atoms with Crippen molar-refractivity contribution in [3.8, 4) is 5.75 Å². The molecule has 0 bridgehead atoms. The van der Waals surface area contributed by atoms with Gasteiger partial charge in [-0.3, -0.25) is 0 Å². The van der Waals surface area contributed by atoms with Gasteiger partial charge in [0.2, 0.25) is 8.32 Å². The molecule has 0 N–H and O–H groups in total. The highest BCUT2D eigenvalue weighted by Gasteiger charge is 2.22. The smallest absolute Gasteiger partial charge is 0.341 e. The summed E-state index contributed by atoms with van der Waals surface area (Å²) in [6.45, 7) is 8.12. The minimum absolute atomic E-state index is 0.341. The average Bonchev–Trinajstić information content (AvgIpc) is 2.14. The van der Waals surface area contributed by atoms with Gasteiger partial charge in [0.1, 0.15) is 11.3 Å². The van der Waals surface area contributed by atoms with Crippen LogP contribution in [0.1, 0.15) is 15.9 Å². The first-order chi connectivity index (χ1) is 7.35. The number of aryl methyl sites for hydroxylation is 1. The second-order valence-electron chi connectivity index (χ2n) is 4.65. The second-order valence-corrected chi connectivity index (χ2v) is 9.08. The number of carbonyl (C=O) groups excluding carboxylic acids is 1. The van der Waals surface area contributed by atoms with Crippen LogP contribution in [0.15, 0.2) is 18.2 Å². The van der Waals surface area contributed by atoms with E-state index in [1.54, 1.807) is 0 Å². The first-order valence-electron chi connectivity index (χ1n) is 5.22. The molecule has 0 radical (unpaired) electrons. The number of rotatable bonds is 3. The van der Waals surface area contributed by atoms with Gasteiger partial charge in [-0.25, -0.2) is 4.79 Å². The average molecular weight is 238 g/mol. The molecule has 1 aromatic carbocycles. The van der Waals surface area contributed by atoms with E-state index in [1.165, 1.54) is 7.11 Å². The van der Waals surface area contributed by atoms with E-state index in [4.69, 9.17) is 9.16 Å². The van der Waals surface area contributed by atoms with Gasteiger partial charge in [0.25, 0.3) is 0 Å². The molecular weight excluding hydrogens is 220 g/mol. The van der Waals surface area contributed by atoms with E-state index in [0.717, 1.165) is 5.56 Å². The van der Waals surface area contributed by atoms with Gasteiger partial charge < -0.3 is 9.16 Å². The Morgan fingerprint density at radius 2 is 1.88 bits per heavy atom. The molecule has 1 aromatic rings. The van der Waals surface area contributed by atoms with Gasteiger partial charge in [0, 0.05) is 0 Å². The van der Waals surface area contributed by atoms with Gasteiger partial charge in [0.05, 0.1) is 7.11 Å². The lowest BCUT2D eigenvalue weighted by Crippen LogP contribution is -2.30. The van der Waals surface area contributed by atoms with Crippen LogP contribution in [0, 0.1) is 6.92 Å². The van der Waals surface area contributed by atoms with Gasteiger partial charge in [-0.05, 0) is 38.2 Å². The van der Waals surface area contributed by atoms with Crippen LogP contribution >= 0.6 is 0 Å². The van der Waals surface area contributed by atoms with Crippen molar-refractivity contribution in [2.75, 3.05) is 7.11 Å². The first-order valence-corrected chi connectivity index (χ1v) is 8.63. The summed E-state index contributed by atoms with van der Waals surface area (Å²) in [5.41, 5.74) is 1.41. The minimum Gasteiger partial charge on any atom is -0.544 e. The molecule has 0 unspecified atom stereocenters. The summed E-state index contributed by atoms with van der Waals surface area (Å²) >= 11 is 0. The number of benzene rings is 1. The van der Waals surface area contributed by atoms with E-state index in [0.29, 0.717) is 11.3 Å². The molecule has 4 heteroatoms. The summed E-state index contributed by atoms with van der Waals surface area (Å²) in [6, 6.07) is 5.58. The number of ether oxygens (including phenoxy) is 1. The molecule has 16 heavy (non-hydrogen) atoms. The Bertz CT molecular complexity index is 394. The van der Waals surface area contributed by atoms with E-state index < -0.39 is 8.32 Å². The second kappa shape index (κ2) is 4.70. The highest BCUT2D eigenvalue weighted by atomic mass is 28.4. The van der Waals surface area contributed by atoms with Gasteiger partial charge >= 0.3 is 5.97 Å². The largest absolute Gasteiger partial charge is 0.544 e. The number of hydrogen-bond donors (Lipinski definition) is 0. The molecule has 0 saturated heterocycles. The number of methoxy groups -OCH3 is 1. The maximum Gasteiger partial charge on any atom is 0.341 e. The molecule has 3 nitrogen and oxygen atoms in total. The molecule has 0 spiro atoms. The Balaban J connectivity index is 3.18. The van der Waals surface area contributed by atoms with E-state index >= 15 is 0 Å². The molecule has 0 amide bonds. The van der Waals surface area contributed by atoms with Gasteiger partial charge in [-0.2, -0.15) is 0 Å². The van der Waals surface area contributed by atoms with Crippen LogP contribution < -0.4 is 4.43 Å². The number of hydrogen-bond acceptors (Lipinski definition) is 3. The van der Waals surface area contributed by atoms with Crippen LogP contribution in [0.25, 0.3) is 0 Å². The van der Waals surface area contributed by atoms with Crippen molar-refractivity contribution in [2.24, 2.45) is 0 Å². The Labute approximate surface area is 97.5 Å². The van der Waals surface area contributed by atoms with Gasteiger partial charge in [-0.1, -0.05) is 12.1 Å². The summed E-state index contributed by atoms with van der Waals surface area (Å²) in [6.07, 6.45) is 0. The molecule has 0 aliphatic carbocycles. The summed E-state index contributed by atoms with van der Waals surface area (Å²) in [5, 5.41) is 0. The molecule has 0 atom stereocenters. The molecule has 1 rings (SSSR count). The molecule has 0 fully saturated rings. The fourth-order valence-electron chi connectivity index (χ4n) is 1.42. The van der Waals surface area contributed by atoms with Crippen molar-refractivity contribution in [1.82, 2.24) is 0 Å². The monoisotopic (exact) mass is 238 g/mol. The minimum atomic E-state index is -1.72. The zero-order valence-corrected chi connectivity index (χ0v) is 11.5. The first kappa shape index (κ1) is 12.8. The third-order valence-electron chi connectivity index (χ3n) is 2.04. The van der Waals surface area contributed by atoms with Crippen LogP contribution in [0.5, 0.6) is 5.75 Å². The van der Waals surface area contributed by atoms with Crippen molar-refractivity contribution in [1.29, 1.82) is 0 Å². The van der Waals surface area contributed by atoms with Crippen LogP contribution in [0.4, 0.5) is 0 Å². The van der Waals surface area contributed by atoms with Crippen LogP contribution in [0.3, 0.4) is 0 Å². The Morgan fingerprint density at radius 3 is 2.38 bits per heavy atom. The fourth-order valence-corrected chi connectivity index (χ4v) is 2.25. The van der Waals surface area contributed by atoms with E-state index in [1.807, 2.05) is 25.1 Å². The molecule has 88 valence electrons. The van der Waals surface area contributed by atoms with Crippen molar-refractivity contribution >= 4 is 14.3 Å². The topological polar surface area (TPSA) is 35.5 Å². The maximum atomic E-state index is 11.7. The summed E-state index contributed by atoms with van der Waals surface area (Å²) < 4.78 is 10.6.